The molecule has 1 aromatic carbocycles. The Balaban J connectivity index is 1.66. The molecule has 2 N–H and O–H groups in total. The van der Waals surface area contributed by atoms with Crippen LogP contribution in [0.1, 0.15) is 12.2 Å². The van der Waals surface area contributed by atoms with Crippen LogP contribution in [-0.2, 0) is 6.54 Å². The van der Waals surface area contributed by atoms with Crippen molar-refractivity contribution < 1.29 is 4.52 Å². The van der Waals surface area contributed by atoms with E-state index in [0.29, 0.717) is 29.2 Å². The second-order valence-electron chi connectivity index (χ2n) is 5.15. The maximum Gasteiger partial charge on any atom is 0.257 e. The van der Waals surface area contributed by atoms with Gasteiger partial charge < -0.3 is 10.3 Å². The minimum Gasteiger partial charge on any atom is -0.334 e. The highest BCUT2D eigenvalue weighted by Gasteiger charge is 2.22. The topological polar surface area (TPSA) is 68.2 Å². The molecule has 0 bridgehead atoms. The fourth-order valence-corrected chi connectivity index (χ4v) is 2.60. The van der Waals surface area contributed by atoms with Crippen molar-refractivity contribution in [1.29, 1.82) is 0 Å². The Kier molecular flexibility index (Phi) is 4.00. The molecule has 1 saturated heterocycles. The number of halogens is 1. The first-order valence-corrected chi connectivity index (χ1v) is 7.13. The lowest BCUT2D eigenvalue weighted by Gasteiger charge is -2.12. The third-order valence-electron chi connectivity index (χ3n) is 3.63. The Morgan fingerprint density at radius 1 is 1.35 bits per heavy atom. The van der Waals surface area contributed by atoms with Gasteiger partial charge in [0.1, 0.15) is 0 Å². The van der Waals surface area contributed by atoms with Crippen LogP contribution in [0.2, 0.25) is 5.02 Å². The van der Waals surface area contributed by atoms with Crippen LogP contribution in [0.25, 0.3) is 11.5 Å². The standard InChI is InChI=1S/C14H17ClN4O/c15-12-3-1-11(2-4-12)14-17-13(18-20-14)9-19-6-5-10(7-16)8-19/h1-4,10H,5-9,16H2. The third-order valence-corrected chi connectivity index (χ3v) is 3.88. The van der Waals surface area contributed by atoms with Crippen LogP contribution in [-0.4, -0.2) is 34.7 Å². The van der Waals surface area contributed by atoms with E-state index in [4.69, 9.17) is 21.9 Å². The van der Waals surface area contributed by atoms with Crippen LogP contribution in [0.5, 0.6) is 0 Å². The van der Waals surface area contributed by atoms with Gasteiger partial charge >= 0.3 is 0 Å². The van der Waals surface area contributed by atoms with E-state index in [1.54, 1.807) is 0 Å². The van der Waals surface area contributed by atoms with Gasteiger partial charge in [-0.3, -0.25) is 4.90 Å². The molecule has 0 saturated carbocycles. The lowest BCUT2D eigenvalue weighted by atomic mass is 10.1. The van der Waals surface area contributed by atoms with Crippen LogP contribution < -0.4 is 5.73 Å². The lowest BCUT2D eigenvalue weighted by Crippen LogP contribution is -2.23. The quantitative estimate of drug-likeness (QED) is 0.935. The van der Waals surface area contributed by atoms with E-state index in [1.807, 2.05) is 24.3 Å². The summed E-state index contributed by atoms with van der Waals surface area (Å²) in [4.78, 5) is 6.74. The zero-order chi connectivity index (χ0) is 13.9. The van der Waals surface area contributed by atoms with Crippen LogP contribution in [0, 0.1) is 5.92 Å². The largest absolute Gasteiger partial charge is 0.334 e. The van der Waals surface area contributed by atoms with Crippen LogP contribution in [0.3, 0.4) is 0 Å². The van der Waals surface area contributed by atoms with E-state index in [9.17, 15) is 0 Å². The molecule has 1 aromatic heterocycles. The number of benzene rings is 1. The van der Waals surface area contributed by atoms with Gasteiger partial charge in [0.2, 0.25) is 0 Å². The van der Waals surface area contributed by atoms with E-state index in [-0.39, 0.29) is 0 Å². The van der Waals surface area contributed by atoms with Crippen molar-refractivity contribution >= 4 is 11.6 Å². The lowest BCUT2D eigenvalue weighted by molar-refractivity contribution is 0.301. The first-order chi connectivity index (χ1) is 9.74. The average molecular weight is 293 g/mol. The molecular weight excluding hydrogens is 276 g/mol. The van der Waals surface area contributed by atoms with Crippen LogP contribution in [0.4, 0.5) is 0 Å². The second kappa shape index (κ2) is 5.91. The zero-order valence-electron chi connectivity index (χ0n) is 11.1. The molecule has 0 radical (unpaired) electrons. The molecule has 2 heterocycles. The summed E-state index contributed by atoms with van der Waals surface area (Å²) >= 11 is 5.86. The summed E-state index contributed by atoms with van der Waals surface area (Å²) < 4.78 is 5.30. The van der Waals surface area contributed by atoms with Crippen molar-refractivity contribution in [1.82, 2.24) is 15.0 Å². The highest BCUT2D eigenvalue weighted by molar-refractivity contribution is 6.30. The summed E-state index contributed by atoms with van der Waals surface area (Å²) in [6.07, 6.45) is 1.15. The highest BCUT2D eigenvalue weighted by atomic mass is 35.5. The van der Waals surface area contributed by atoms with Crippen molar-refractivity contribution in [2.45, 2.75) is 13.0 Å². The van der Waals surface area contributed by atoms with Gasteiger partial charge in [-0.1, -0.05) is 16.8 Å². The number of hydrogen-bond donors (Lipinski definition) is 1. The monoisotopic (exact) mass is 292 g/mol. The van der Waals surface area contributed by atoms with E-state index in [1.165, 1.54) is 0 Å². The van der Waals surface area contributed by atoms with E-state index in [2.05, 4.69) is 15.0 Å². The number of rotatable bonds is 4. The zero-order valence-corrected chi connectivity index (χ0v) is 11.9. The Hall–Kier alpha value is -1.43. The van der Waals surface area contributed by atoms with Crippen LogP contribution >= 0.6 is 11.6 Å². The van der Waals surface area contributed by atoms with Crippen molar-refractivity contribution in [3.8, 4) is 11.5 Å². The Morgan fingerprint density at radius 3 is 2.85 bits per heavy atom. The molecule has 20 heavy (non-hydrogen) atoms. The van der Waals surface area contributed by atoms with E-state index in [0.717, 1.165) is 31.6 Å². The Morgan fingerprint density at radius 2 is 2.15 bits per heavy atom. The normalized spacial score (nSPS) is 19.6. The maximum atomic E-state index is 5.86. The molecule has 1 aliphatic rings. The number of nitrogens with zero attached hydrogens (tertiary/aromatic N) is 3. The van der Waals surface area contributed by atoms with Gasteiger partial charge in [-0.05, 0) is 49.7 Å². The van der Waals surface area contributed by atoms with Gasteiger partial charge in [-0.2, -0.15) is 4.98 Å². The summed E-state index contributed by atoms with van der Waals surface area (Å²) in [5, 5.41) is 4.73. The maximum absolute atomic E-state index is 5.86. The Labute approximate surface area is 122 Å². The molecule has 106 valence electrons. The first kappa shape index (κ1) is 13.5. The summed E-state index contributed by atoms with van der Waals surface area (Å²) in [6, 6.07) is 7.38. The number of likely N-dealkylation sites (tertiary alicyclic amines) is 1. The average Bonchev–Trinajstić information content (AvgIpc) is 3.09. The van der Waals surface area contributed by atoms with Gasteiger partial charge in [-0.25, -0.2) is 0 Å². The predicted octanol–water partition coefficient (Wildman–Crippen LogP) is 2.17. The van der Waals surface area contributed by atoms with Gasteiger partial charge in [0.15, 0.2) is 5.82 Å². The van der Waals surface area contributed by atoms with Crippen molar-refractivity contribution in [3.63, 3.8) is 0 Å². The summed E-state index contributed by atoms with van der Waals surface area (Å²) in [7, 11) is 0. The summed E-state index contributed by atoms with van der Waals surface area (Å²) in [5.41, 5.74) is 6.58. The number of nitrogens with two attached hydrogens (primary N) is 1. The van der Waals surface area contributed by atoms with Crippen molar-refractivity contribution in [2.75, 3.05) is 19.6 Å². The Bertz CT molecular complexity index is 569. The van der Waals surface area contributed by atoms with Gasteiger partial charge in [0.05, 0.1) is 6.54 Å². The summed E-state index contributed by atoms with van der Waals surface area (Å²) in [6.45, 7) is 3.53. The van der Waals surface area contributed by atoms with Gasteiger partial charge in [-0.15, -0.1) is 0 Å². The second-order valence-corrected chi connectivity index (χ2v) is 5.58. The smallest absolute Gasteiger partial charge is 0.257 e. The number of aromatic nitrogens is 2. The SMILES string of the molecule is NCC1CCN(Cc2noc(-c3ccc(Cl)cc3)n2)C1. The molecule has 1 unspecified atom stereocenters. The van der Waals surface area contributed by atoms with Crippen molar-refractivity contribution in [2.24, 2.45) is 11.7 Å². The fourth-order valence-electron chi connectivity index (χ4n) is 2.48. The first-order valence-electron chi connectivity index (χ1n) is 6.75. The molecule has 1 atom stereocenters. The highest BCUT2D eigenvalue weighted by Crippen LogP contribution is 2.21. The third kappa shape index (κ3) is 3.00. The van der Waals surface area contributed by atoms with E-state index < -0.39 is 0 Å². The molecule has 0 amide bonds. The predicted molar refractivity (Wildman–Crippen MR) is 77.2 cm³/mol. The van der Waals surface area contributed by atoms with Gasteiger partial charge in [0, 0.05) is 17.1 Å². The van der Waals surface area contributed by atoms with E-state index >= 15 is 0 Å². The fraction of sp³-hybridized carbons (Fsp3) is 0.429. The number of hydrogen-bond acceptors (Lipinski definition) is 5. The molecule has 6 heteroatoms. The van der Waals surface area contributed by atoms with Gasteiger partial charge in [0.25, 0.3) is 5.89 Å². The molecule has 5 nitrogen and oxygen atoms in total. The minimum absolute atomic E-state index is 0.534. The molecule has 0 spiro atoms. The molecule has 2 aromatic rings. The molecule has 3 rings (SSSR count). The summed E-state index contributed by atoms with van der Waals surface area (Å²) in [5.74, 6) is 1.84. The molecule has 0 aliphatic carbocycles. The molecule has 1 fully saturated rings. The minimum atomic E-state index is 0.534. The van der Waals surface area contributed by atoms with Crippen molar-refractivity contribution in [3.05, 3.63) is 35.1 Å². The van der Waals surface area contributed by atoms with Crippen LogP contribution in [0.15, 0.2) is 28.8 Å². The molecular formula is C14H17ClN4O. The molecule has 1 aliphatic heterocycles.